The Morgan fingerprint density at radius 1 is 1.24 bits per heavy atom. The highest BCUT2D eigenvalue weighted by Gasteiger charge is 2.43. The molecule has 2 N–H and O–H groups in total. The fraction of sp³-hybridized carbons (Fsp3) is 0.615. The monoisotopic (exact) mass is 598 g/mol. The van der Waals surface area contributed by atoms with Gasteiger partial charge in [-0.05, 0) is 49.7 Å². The molecule has 0 aromatic carbocycles. The summed E-state index contributed by atoms with van der Waals surface area (Å²) in [5.74, 6) is -8.62. The number of fused-ring (bicyclic) bond motifs is 1. The van der Waals surface area contributed by atoms with E-state index in [4.69, 9.17) is 10.2 Å². The maximum atomic E-state index is 15.1. The summed E-state index contributed by atoms with van der Waals surface area (Å²) in [4.78, 5) is 30.8. The molecule has 0 bridgehead atoms. The highest BCUT2D eigenvalue weighted by Crippen LogP contribution is 2.41. The van der Waals surface area contributed by atoms with E-state index in [0.29, 0.717) is 12.8 Å². The van der Waals surface area contributed by atoms with E-state index in [2.05, 4.69) is 30.3 Å². The first-order chi connectivity index (χ1) is 21.5. The van der Waals surface area contributed by atoms with E-state index in [9.17, 15) is 18.4 Å². The average Bonchev–Trinajstić information content (AvgIpc) is 3.54. The topological polar surface area (TPSA) is 140 Å². The van der Waals surface area contributed by atoms with E-state index < -0.39 is 74.2 Å². The van der Waals surface area contributed by atoms with Gasteiger partial charge in [-0.25, -0.2) is 36.5 Å². The Hall–Kier alpha value is -3.82. The summed E-state index contributed by atoms with van der Waals surface area (Å²) in [6.45, 7) is -6.34. The number of carbonyl (C=O) groups excluding carboxylic acids is 2. The van der Waals surface area contributed by atoms with Crippen molar-refractivity contribution < 1.29 is 42.0 Å². The normalized spacial score (nSPS) is 25.9. The van der Waals surface area contributed by atoms with Gasteiger partial charge in [0.05, 0.1) is 61.4 Å². The molecule has 2 aliphatic carbocycles. The van der Waals surface area contributed by atoms with Crippen LogP contribution < -0.4 is 10.6 Å². The first-order valence-electron chi connectivity index (χ1n) is 15.4. The molecule has 4 heterocycles. The number of halogens is 4. The molecule has 12 nitrogen and oxygen atoms in total. The Balaban J connectivity index is 1.36. The molecule has 3 fully saturated rings. The molecule has 3 aliphatic rings. The summed E-state index contributed by atoms with van der Waals surface area (Å²) >= 11 is 0. The van der Waals surface area contributed by atoms with Crippen LogP contribution in [-0.2, 0) is 4.74 Å². The number of imidazole rings is 1. The molecule has 1 aliphatic heterocycles. The summed E-state index contributed by atoms with van der Waals surface area (Å²) in [6, 6.07) is -2.39. The number of nitrogens with zero attached hydrogens (tertiary/aromatic N) is 6. The summed E-state index contributed by atoms with van der Waals surface area (Å²) in [5, 5.41) is 15.8. The molecule has 1 saturated heterocycles. The van der Waals surface area contributed by atoms with Gasteiger partial charge in [-0.15, -0.1) is 0 Å². The Labute approximate surface area is 242 Å². The Bertz CT molecular complexity index is 1640. The predicted molar refractivity (Wildman–Crippen MR) is 136 cm³/mol. The Kier molecular flexibility index (Phi) is 6.09. The minimum absolute atomic E-state index is 0.0600. The van der Waals surface area contributed by atoms with Crippen molar-refractivity contribution in [3.8, 4) is 0 Å². The van der Waals surface area contributed by atoms with Gasteiger partial charge in [0.2, 0.25) is 5.92 Å². The third kappa shape index (κ3) is 6.03. The summed E-state index contributed by atoms with van der Waals surface area (Å²) < 4.78 is 101. The minimum atomic E-state index is -4.66. The molecule has 2 atom stereocenters. The number of nitrogens with one attached hydrogen (secondary N) is 2. The standard InChI is InChI=1S/C26H30F4N8O4/c1-14-21(36-42-35-14)23(39)34-22(15-4-6-25(27,28)7-5-15)18-10-38-20(33-18)8-16(9-32-38)19(11-41-17-2-3-17)37-13-26(29,30)12-31-24(37)40/h8-10,15,17,19,22H,2-7,11-13H2,1H3,(H,31,40)(H,34,39)/t19-,22+/m1/s1/i12D2,13D2. The van der Waals surface area contributed by atoms with Crippen molar-refractivity contribution >= 4 is 17.6 Å². The van der Waals surface area contributed by atoms with Crippen LogP contribution in [0.2, 0.25) is 0 Å². The van der Waals surface area contributed by atoms with Crippen molar-refractivity contribution in [2.75, 3.05) is 19.6 Å². The summed E-state index contributed by atoms with van der Waals surface area (Å²) in [6.07, 6.45) is 3.21. The van der Waals surface area contributed by atoms with Crippen LogP contribution in [-0.4, -0.2) is 79.3 Å². The first kappa shape index (κ1) is 23.7. The van der Waals surface area contributed by atoms with Gasteiger partial charge in [0.1, 0.15) is 5.69 Å². The second-order valence-electron chi connectivity index (χ2n) is 10.8. The number of hydrogen-bond donors (Lipinski definition) is 2. The predicted octanol–water partition coefficient (Wildman–Crippen LogP) is 3.60. The molecule has 0 spiro atoms. The molecule has 3 aromatic rings. The van der Waals surface area contributed by atoms with Crippen molar-refractivity contribution in [1.29, 1.82) is 0 Å². The van der Waals surface area contributed by atoms with E-state index in [-0.39, 0.29) is 52.1 Å². The fourth-order valence-electron chi connectivity index (χ4n) is 5.14. The van der Waals surface area contributed by atoms with Gasteiger partial charge in [-0.2, -0.15) is 5.10 Å². The zero-order valence-electron chi connectivity index (χ0n) is 26.3. The lowest BCUT2D eigenvalue weighted by molar-refractivity contribution is -0.0542. The zero-order chi connectivity index (χ0) is 33.2. The van der Waals surface area contributed by atoms with Gasteiger partial charge in [0, 0.05) is 18.4 Å². The molecule has 2 saturated carbocycles. The van der Waals surface area contributed by atoms with E-state index in [0.717, 1.165) is 0 Å². The van der Waals surface area contributed by atoms with Crippen LogP contribution in [0.5, 0.6) is 0 Å². The van der Waals surface area contributed by atoms with E-state index in [1.165, 1.54) is 29.9 Å². The van der Waals surface area contributed by atoms with Crippen LogP contribution in [0.25, 0.3) is 5.65 Å². The van der Waals surface area contributed by atoms with Crippen LogP contribution >= 0.6 is 0 Å². The summed E-state index contributed by atoms with van der Waals surface area (Å²) in [5.41, 5.74) is 0.545. The highest BCUT2D eigenvalue weighted by atomic mass is 19.3. The number of aromatic nitrogens is 5. The molecule has 16 heteroatoms. The maximum absolute atomic E-state index is 15.1. The van der Waals surface area contributed by atoms with Crippen molar-refractivity contribution in [2.45, 2.75) is 75.5 Å². The van der Waals surface area contributed by atoms with Crippen LogP contribution in [0.1, 0.15) is 83.5 Å². The second kappa shape index (κ2) is 10.8. The number of hydrogen-bond acceptors (Lipinski definition) is 8. The van der Waals surface area contributed by atoms with Gasteiger partial charge in [0.25, 0.3) is 11.8 Å². The van der Waals surface area contributed by atoms with Crippen molar-refractivity contribution in [3.63, 3.8) is 0 Å². The second-order valence-corrected chi connectivity index (χ2v) is 10.8. The number of rotatable bonds is 9. The van der Waals surface area contributed by atoms with Crippen molar-refractivity contribution in [3.05, 3.63) is 41.1 Å². The van der Waals surface area contributed by atoms with Crippen LogP contribution in [0, 0.1) is 12.8 Å². The smallest absolute Gasteiger partial charge is 0.318 e. The van der Waals surface area contributed by atoms with Gasteiger partial charge >= 0.3 is 6.03 Å². The molecule has 226 valence electrons. The minimum Gasteiger partial charge on any atom is -0.376 e. The number of urea groups is 1. The van der Waals surface area contributed by atoms with Crippen LogP contribution in [0.3, 0.4) is 0 Å². The Morgan fingerprint density at radius 2 is 2.00 bits per heavy atom. The number of amides is 3. The van der Waals surface area contributed by atoms with Crippen LogP contribution in [0.4, 0.5) is 22.4 Å². The van der Waals surface area contributed by atoms with E-state index in [1.54, 1.807) is 5.32 Å². The third-order valence-corrected chi connectivity index (χ3v) is 7.58. The molecular weight excluding hydrogens is 564 g/mol. The SMILES string of the molecule is [2H]C1([2H])NC(=O)N([C@H](COC2CC2)c2cnn3cc([C@@H](NC(=O)c4nonc4C)C4CCC(F)(F)CC4)nc3c2)C([2H])([2H])C1(F)F. The van der Waals surface area contributed by atoms with Gasteiger partial charge in [-0.1, -0.05) is 5.16 Å². The molecule has 3 aromatic heterocycles. The lowest BCUT2D eigenvalue weighted by atomic mass is 9.81. The van der Waals surface area contributed by atoms with Crippen molar-refractivity contribution in [1.82, 2.24) is 40.4 Å². The molecule has 0 radical (unpaired) electrons. The Morgan fingerprint density at radius 3 is 2.69 bits per heavy atom. The zero-order valence-corrected chi connectivity index (χ0v) is 22.3. The van der Waals surface area contributed by atoms with Gasteiger partial charge < -0.3 is 20.3 Å². The highest BCUT2D eigenvalue weighted by molar-refractivity contribution is 5.93. The maximum Gasteiger partial charge on any atom is 0.318 e. The lowest BCUT2D eigenvalue weighted by Crippen LogP contribution is -2.58. The van der Waals surface area contributed by atoms with Crippen LogP contribution in [0.15, 0.2) is 23.1 Å². The molecule has 42 heavy (non-hydrogen) atoms. The van der Waals surface area contributed by atoms with Crippen molar-refractivity contribution in [2.24, 2.45) is 5.92 Å². The molecule has 3 amide bonds. The molecular formula is C26H30F4N8O4. The molecule has 6 rings (SSSR count). The number of carbonyl (C=O) groups is 2. The largest absolute Gasteiger partial charge is 0.376 e. The molecule has 0 unspecified atom stereocenters. The van der Waals surface area contributed by atoms with E-state index >= 15 is 8.78 Å². The van der Waals surface area contributed by atoms with Gasteiger partial charge in [-0.3, -0.25) is 4.79 Å². The quantitative estimate of drug-likeness (QED) is 0.356. The number of ether oxygens (including phenoxy) is 1. The third-order valence-electron chi connectivity index (χ3n) is 7.58. The summed E-state index contributed by atoms with van der Waals surface area (Å²) in [7, 11) is 0. The average molecular weight is 599 g/mol. The fourth-order valence-corrected chi connectivity index (χ4v) is 5.14. The number of aryl methyl sites for hydroxylation is 1. The first-order valence-corrected chi connectivity index (χ1v) is 13.4. The number of alkyl halides is 4. The van der Waals surface area contributed by atoms with Gasteiger partial charge in [0.15, 0.2) is 11.3 Å². The van der Waals surface area contributed by atoms with E-state index in [1.807, 2.05) is 0 Å². The lowest BCUT2D eigenvalue weighted by Gasteiger charge is -2.38.